The van der Waals surface area contributed by atoms with Crippen molar-refractivity contribution in [2.45, 2.75) is 51.2 Å². The predicted octanol–water partition coefficient (Wildman–Crippen LogP) is 4.52. The zero-order valence-electron chi connectivity index (χ0n) is 19.9. The number of carboxylic acid groups (broad SMARTS) is 1. The van der Waals surface area contributed by atoms with E-state index < -0.39 is 18.9 Å². The van der Waals surface area contributed by atoms with Crippen LogP contribution < -0.4 is 9.47 Å². The molecule has 3 rings (SSSR count). The Labute approximate surface area is 181 Å². The first-order valence-electron chi connectivity index (χ1n) is 11.8. The van der Waals surface area contributed by atoms with E-state index in [0.29, 0.717) is 36.5 Å². The summed E-state index contributed by atoms with van der Waals surface area (Å²) in [5.41, 5.74) is 0.854. The highest BCUT2D eigenvalue weighted by Gasteiger charge is 2.23. The predicted molar refractivity (Wildman–Crippen MR) is 114 cm³/mol. The number of unbranched alkanes of at least 4 members (excludes halogenated alkanes) is 2. The summed E-state index contributed by atoms with van der Waals surface area (Å²) in [7, 11) is 0. The van der Waals surface area contributed by atoms with Crippen LogP contribution in [-0.2, 0) is 11.3 Å². The molecule has 1 saturated carbocycles. The molecule has 0 radical (unpaired) electrons. The van der Waals surface area contributed by atoms with Crippen molar-refractivity contribution in [3.63, 3.8) is 0 Å². The van der Waals surface area contributed by atoms with Gasteiger partial charge in [0.2, 0.25) is 0 Å². The second kappa shape index (κ2) is 10.7. The molecule has 0 aliphatic heterocycles. The molecular weight excluding hydrogens is 382 g/mol. The van der Waals surface area contributed by atoms with Crippen molar-refractivity contribution in [3.05, 3.63) is 59.7 Å². The Kier molecular flexibility index (Phi) is 6.33. The zero-order chi connectivity index (χ0) is 23.8. The van der Waals surface area contributed by atoms with Crippen LogP contribution in [0.4, 0.5) is 0 Å². The summed E-state index contributed by atoms with van der Waals surface area (Å²) in [6.45, 7) is -2.39. The van der Waals surface area contributed by atoms with Crippen LogP contribution in [0.3, 0.4) is 0 Å². The van der Waals surface area contributed by atoms with Gasteiger partial charge in [0, 0.05) is 35.2 Å². The quantitative estimate of drug-likeness (QED) is 0.517. The van der Waals surface area contributed by atoms with E-state index in [9.17, 15) is 9.59 Å². The molecule has 0 saturated heterocycles. The summed E-state index contributed by atoms with van der Waals surface area (Å²) in [5.74, 6) is -0.250. The van der Waals surface area contributed by atoms with Crippen LogP contribution >= 0.6 is 0 Å². The van der Waals surface area contributed by atoms with Crippen molar-refractivity contribution >= 4 is 11.9 Å². The lowest BCUT2D eigenvalue weighted by Gasteiger charge is -2.20. The van der Waals surface area contributed by atoms with Crippen LogP contribution in [-0.4, -0.2) is 41.6 Å². The molecular formula is C24H29NO5. The van der Waals surface area contributed by atoms with E-state index >= 15 is 0 Å². The Morgan fingerprint density at radius 3 is 2.57 bits per heavy atom. The zero-order valence-corrected chi connectivity index (χ0v) is 16.9. The molecule has 6 nitrogen and oxygen atoms in total. The average molecular weight is 415 g/mol. The fraction of sp³-hybridized carbons (Fsp3) is 0.417. The van der Waals surface area contributed by atoms with Gasteiger partial charge in [-0.1, -0.05) is 18.2 Å². The Hall–Kier alpha value is -3.02. The topological polar surface area (TPSA) is 76.1 Å². The molecule has 30 heavy (non-hydrogen) atoms. The largest absolute Gasteiger partial charge is 0.493 e. The molecule has 6 heteroatoms. The van der Waals surface area contributed by atoms with E-state index in [4.69, 9.17) is 18.7 Å². The molecule has 0 unspecified atom stereocenters. The lowest BCUT2D eigenvalue weighted by Crippen LogP contribution is -2.26. The van der Waals surface area contributed by atoms with E-state index in [0.717, 1.165) is 24.2 Å². The van der Waals surface area contributed by atoms with Gasteiger partial charge in [-0.05, 0) is 62.4 Å². The van der Waals surface area contributed by atoms with Gasteiger partial charge in [-0.15, -0.1) is 0 Å². The molecule has 2 aromatic carbocycles. The third-order valence-electron chi connectivity index (χ3n) is 4.77. The van der Waals surface area contributed by atoms with Gasteiger partial charge in [0.05, 0.1) is 12.7 Å². The van der Waals surface area contributed by atoms with Gasteiger partial charge in [-0.2, -0.15) is 0 Å². The number of nitrogens with zero attached hydrogens (tertiary/aromatic N) is 1. The van der Waals surface area contributed by atoms with Gasteiger partial charge in [0.25, 0.3) is 5.91 Å². The van der Waals surface area contributed by atoms with Crippen LogP contribution in [0.5, 0.6) is 11.5 Å². The summed E-state index contributed by atoms with van der Waals surface area (Å²) < 4.78 is 35.2. The van der Waals surface area contributed by atoms with Crippen molar-refractivity contribution in [1.29, 1.82) is 0 Å². The Morgan fingerprint density at radius 1 is 1.10 bits per heavy atom. The number of carbonyl (C=O) groups is 2. The van der Waals surface area contributed by atoms with Crippen LogP contribution in [0.25, 0.3) is 0 Å². The third kappa shape index (κ3) is 6.79. The molecule has 0 heterocycles. The van der Waals surface area contributed by atoms with E-state index in [1.165, 1.54) is 0 Å². The standard InChI is InChI=1S/C24H29NO5/c1-25(24(28)18-10-12-20(13-11-18)30-21-14-15-21)17-19-7-4-5-8-22(19)29-16-6-2-3-9-23(26)27/h4-5,7-8,10-13,21H,2-3,6,9,14-17H2,1H3,(H,26,27)/i1D3. The van der Waals surface area contributed by atoms with Crippen LogP contribution in [0.15, 0.2) is 48.5 Å². The summed E-state index contributed by atoms with van der Waals surface area (Å²) in [4.78, 5) is 24.5. The first kappa shape index (κ1) is 17.8. The number of carbonyl (C=O) groups excluding carboxylic acids is 1. The van der Waals surface area contributed by atoms with Crippen molar-refractivity contribution in [3.8, 4) is 11.5 Å². The fourth-order valence-electron chi connectivity index (χ4n) is 2.96. The maximum absolute atomic E-state index is 13.1. The highest BCUT2D eigenvalue weighted by molar-refractivity contribution is 5.94. The Morgan fingerprint density at radius 2 is 1.87 bits per heavy atom. The molecule has 0 aromatic heterocycles. The first-order chi connectivity index (χ1) is 15.7. The molecule has 2 aromatic rings. The van der Waals surface area contributed by atoms with Gasteiger partial charge in [0.1, 0.15) is 11.5 Å². The average Bonchev–Trinajstić information content (AvgIpc) is 3.58. The highest BCUT2D eigenvalue weighted by atomic mass is 16.5. The van der Waals surface area contributed by atoms with Crippen molar-refractivity contribution in [2.75, 3.05) is 13.6 Å². The first-order valence-corrected chi connectivity index (χ1v) is 10.3. The molecule has 0 atom stereocenters. The van der Waals surface area contributed by atoms with Gasteiger partial charge in [0.15, 0.2) is 0 Å². The van der Waals surface area contributed by atoms with E-state index in [1.54, 1.807) is 48.5 Å². The molecule has 1 aliphatic carbocycles. The third-order valence-corrected chi connectivity index (χ3v) is 4.77. The van der Waals surface area contributed by atoms with Crippen molar-refractivity contribution in [1.82, 2.24) is 4.90 Å². The normalized spacial score (nSPS) is 14.9. The van der Waals surface area contributed by atoms with Crippen LogP contribution in [0, 0.1) is 0 Å². The maximum Gasteiger partial charge on any atom is 0.303 e. The minimum atomic E-state index is -2.63. The summed E-state index contributed by atoms with van der Waals surface area (Å²) in [6, 6.07) is 13.5. The maximum atomic E-state index is 13.1. The summed E-state index contributed by atoms with van der Waals surface area (Å²) >= 11 is 0. The number of rotatable bonds is 12. The fourth-order valence-corrected chi connectivity index (χ4v) is 2.96. The minimum absolute atomic E-state index is 0.125. The number of para-hydroxylation sites is 1. The number of aliphatic carboxylic acids is 1. The smallest absolute Gasteiger partial charge is 0.303 e. The number of hydrogen-bond acceptors (Lipinski definition) is 4. The minimum Gasteiger partial charge on any atom is -0.493 e. The molecule has 1 amide bonds. The molecule has 0 spiro atoms. The molecule has 1 N–H and O–H groups in total. The van der Waals surface area contributed by atoms with Crippen molar-refractivity contribution in [2.24, 2.45) is 0 Å². The summed E-state index contributed by atoms with van der Waals surface area (Å²) in [6.07, 6.45) is 4.38. The van der Waals surface area contributed by atoms with Gasteiger partial charge >= 0.3 is 5.97 Å². The van der Waals surface area contributed by atoms with E-state index in [-0.39, 0.29) is 24.6 Å². The Bertz CT molecular complexity index is 942. The van der Waals surface area contributed by atoms with Gasteiger partial charge in [-0.25, -0.2) is 0 Å². The molecule has 160 valence electrons. The monoisotopic (exact) mass is 414 g/mol. The number of benzene rings is 2. The van der Waals surface area contributed by atoms with Gasteiger partial charge < -0.3 is 19.5 Å². The summed E-state index contributed by atoms with van der Waals surface area (Å²) in [5, 5.41) is 8.70. The molecule has 0 bridgehead atoms. The molecule has 1 fully saturated rings. The van der Waals surface area contributed by atoms with Gasteiger partial charge in [-0.3, -0.25) is 9.59 Å². The number of carboxylic acids is 1. The number of ether oxygens (including phenoxy) is 2. The van der Waals surface area contributed by atoms with E-state index in [2.05, 4.69) is 0 Å². The van der Waals surface area contributed by atoms with Crippen LogP contribution in [0.2, 0.25) is 0 Å². The Balaban J connectivity index is 1.65. The van der Waals surface area contributed by atoms with Crippen LogP contribution in [0.1, 0.15) is 58.6 Å². The molecule has 1 aliphatic rings. The lowest BCUT2D eigenvalue weighted by molar-refractivity contribution is -0.137. The lowest BCUT2D eigenvalue weighted by atomic mass is 10.1. The SMILES string of the molecule is [2H]C([2H])([2H])N(Cc1ccccc1OCCCCCC(=O)O)C(=O)c1ccc(OC2CC2)cc1. The second-order valence-electron chi connectivity index (χ2n) is 7.39. The van der Waals surface area contributed by atoms with Crippen molar-refractivity contribution < 1.29 is 28.3 Å². The van der Waals surface area contributed by atoms with E-state index in [1.807, 2.05) is 0 Å². The second-order valence-corrected chi connectivity index (χ2v) is 7.39. The number of hydrogen-bond donors (Lipinski definition) is 1. The number of amides is 1. The highest BCUT2D eigenvalue weighted by Crippen LogP contribution is 2.27.